The summed E-state index contributed by atoms with van der Waals surface area (Å²) >= 11 is 0. The van der Waals surface area contributed by atoms with Crippen LogP contribution in [0.2, 0.25) is 0 Å². The monoisotopic (exact) mass is 294 g/mol. The summed E-state index contributed by atoms with van der Waals surface area (Å²) in [5, 5.41) is 0. The molecule has 6 heteroatoms. The van der Waals surface area contributed by atoms with Gasteiger partial charge in [-0.1, -0.05) is 12.1 Å². The minimum Gasteiger partial charge on any atom is -0.424 e. The fourth-order valence-electron chi connectivity index (χ4n) is 2.49. The average molecular weight is 294 g/mol. The Balaban J connectivity index is 1.91. The number of nitrogens with zero attached hydrogens (tertiary/aromatic N) is 2. The van der Waals surface area contributed by atoms with Gasteiger partial charge < -0.3 is 4.74 Å². The summed E-state index contributed by atoms with van der Waals surface area (Å²) in [6.07, 6.45) is 0.561. The number of aryl methyl sites for hydroxylation is 1. The number of hydrogen-bond acceptors (Lipinski definition) is 3. The van der Waals surface area contributed by atoms with Crippen LogP contribution in [0.25, 0.3) is 0 Å². The maximum Gasteiger partial charge on any atom is 0.433 e. The lowest BCUT2D eigenvalue weighted by Gasteiger charge is -2.18. The molecule has 1 aliphatic carbocycles. The van der Waals surface area contributed by atoms with Gasteiger partial charge >= 0.3 is 12.2 Å². The zero-order valence-corrected chi connectivity index (χ0v) is 11.2. The Bertz CT molecular complexity index is 656. The molecule has 110 valence electrons. The molecule has 0 atom stereocenters. The van der Waals surface area contributed by atoms with Gasteiger partial charge in [-0.25, -0.2) is 4.98 Å². The van der Waals surface area contributed by atoms with Crippen molar-refractivity contribution in [2.75, 3.05) is 0 Å². The molecule has 0 saturated heterocycles. The highest BCUT2D eigenvalue weighted by atomic mass is 19.4. The Morgan fingerprint density at radius 3 is 2.67 bits per heavy atom. The smallest absolute Gasteiger partial charge is 0.424 e. The largest absolute Gasteiger partial charge is 0.433 e. The Labute approximate surface area is 119 Å². The summed E-state index contributed by atoms with van der Waals surface area (Å²) in [5.41, 5.74) is 1.23. The van der Waals surface area contributed by atoms with Crippen molar-refractivity contribution >= 4 is 0 Å². The second kappa shape index (κ2) is 5.35. The Morgan fingerprint density at radius 2 is 1.86 bits per heavy atom. The van der Waals surface area contributed by atoms with Crippen LogP contribution < -0.4 is 4.74 Å². The quantitative estimate of drug-likeness (QED) is 0.834. The fourth-order valence-corrected chi connectivity index (χ4v) is 2.49. The predicted octanol–water partition coefficient (Wildman–Crippen LogP) is 4.17. The Kier molecular flexibility index (Phi) is 3.53. The van der Waals surface area contributed by atoms with E-state index in [1.165, 1.54) is 5.56 Å². The van der Waals surface area contributed by atoms with Crippen molar-refractivity contribution < 1.29 is 17.9 Å². The van der Waals surface area contributed by atoms with E-state index in [2.05, 4.69) is 9.97 Å². The van der Waals surface area contributed by atoms with Crippen LogP contribution in [0.3, 0.4) is 0 Å². The van der Waals surface area contributed by atoms with Crippen molar-refractivity contribution in [2.45, 2.75) is 31.9 Å². The van der Waals surface area contributed by atoms with Crippen LogP contribution >= 0.6 is 0 Å². The van der Waals surface area contributed by atoms with Crippen LogP contribution in [0.4, 0.5) is 13.2 Å². The molecule has 0 N–H and O–H groups in total. The predicted molar refractivity (Wildman–Crippen MR) is 70.2 cm³/mol. The molecule has 3 nitrogen and oxygen atoms in total. The van der Waals surface area contributed by atoms with Crippen LogP contribution in [0.1, 0.15) is 29.7 Å². The minimum absolute atomic E-state index is 0.274. The number of halogens is 3. The van der Waals surface area contributed by atoms with Crippen molar-refractivity contribution in [1.82, 2.24) is 9.97 Å². The van der Waals surface area contributed by atoms with E-state index in [1.807, 2.05) is 12.1 Å². The fraction of sp³-hybridized carbons (Fsp3) is 0.333. The lowest BCUT2D eigenvalue weighted by Crippen LogP contribution is -2.09. The molecule has 0 saturated carbocycles. The molecule has 0 unspecified atom stereocenters. The third-order valence-corrected chi connectivity index (χ3v) is 3.48. The molecule has 0 radical (unpaired) electrons. The number of ether oxygens (including phenoxy) is 1. The highest BCUT2D eigenvalue weighted by Gasteiger charge is 2.33. The summed E-state index contributed by atoms with van der Waals surface area (Å²) < 4.78 is 43.4. The van der Waals surface area contributed by atoms with Crippen LogP contribution in [-0.4, -0.2) is 9.97 Å². The van der Waals surface area contributed by atoms with E-state index in [-0.39, 0.29) is 6.01 Å². The van der Waals surface area contributed by atoms with Crippen molar-refractivity contribution in [3.05, 3.63) is 47.3 Å². The molecule has 0 spiro atoms. The SMILES string of the molecule is FC(F)(F)c1ccnc(Oc2cccc3c2CCCC3)n1. The molecule has 21 heavy (non-hydrogen) atoms. The van der Waals surface area contributed by atoms with Gasteiger partial charge in [0.25, 0.3) is 0 Å². The molecular formula is C15H13F3N2O. The topological polar surface area (TPSA) is 35.0 Å². The van der Waals surface area contributed by atoms with Crippen LogP contribution in [-0.2, 0) is 19.0 Å². The van der Waals surface area contributed by atoms with E-state index in [1.54, 1.807) is 6.07 Å². The zero-order valence-electron chi connectivity index (χ0n) is 11.2. The first-order valence-electron chi connectivity index (χ1n) is 6.73. The molecule has 1 heterocycles. The van der Waals surface area contributed by atoms with E-state index >= 15 is 0 Å². The van der Waals surface area contributed by atoms with Gasteiger partial charge in [0.1, 0.15) is 5.75 Å². The van der Waals surface area contributed by atoms with Gasteiger partial charge in [0.05, 0.1) is 0 Å². The first kappa shape index (κ1) is 13.9. The van der Waals surface area contributed by atoms with Crippen LogP contribution in [0.15, 0.2) is 30.5 Å². The first-order valence-corrected chi connectivity index (χ1v) is 6.73. The van der Waals surface area contributed by atoms with E-state index in [4.69, 9.17) is 4.74 Å². The molecule has 0 bridgehead atoms. The average Bonchev–Trinajstić information content (AvgIpc) is 2.47. The van der Waals surface area contributed by atoms with Crippen molar-refractivity contribution in [3.8, 4) is 11.8 Å². The van der Waals surface area contributed by atoms with Gasteiger partial charge in [0.2, 0.25) is 0 Å². The van der Waals surface area contributed by atoms with Crippen LogP contribution in [0, 0.1) is 0 Å². The number of benzene rings is 1. The Morgan fingerprint density at radius 1 is 1.05 bits per heavy atom. The first-order chi connectivity index (χ1) is 10.0. The Hall–Kier alpha value is -2.11. The van der Waals surface area contributed by atoms with Gasteiger partial charge in [0, 0.05) is 6.20 Å². The number of hydrogen-bond donors (Lipinski definition) is 0. The third-order valence-electron chi connectivity index (χ3n) is 3.48. The molecule has 0 amide bonds. The number of rotatable bonds is 2. The summed E-state index contributed by atoms with van der Waals surface area (Å²) in [4.78, 5) is 7.19. The van der Waals surface area contributed by atoms with Gasteiger partial charge in [-0.3, -0.25) is 0 Å². The van der Waals surface area contributed by atoms with Crippen LogP contribution in [0.5, 0.6) is 11.8 Å². The lowest BCUT2D eigenvalue weighted by atomic mass is 9.91. The highest BCUT2D eigenvalue weighted by molar-refractivity contribution is 5.42. The lowest BCUT2D eigenvalue weighted by molar-refractivity contribution is -0.141. The third kappa shape index (κ3) is 2.99. The summed E-state index contributed by atoms with van der Waals surface area (Å²) in [6, 6.07) is 6.16. The van der Waals surface area contributed by atoms with Crippen molar-refractivity contribution in [1.29, 1.82) is 0 Å². The van der Waals surface area contributed by atoms with E-state index < -0.39 is 11.9 Å². The zero-order chi connectivity index (χ0) is 14.9. The standard InChI is InChI=1S/C15H13F3N2O/c16-15(17,18)13-8-9-19-14(20-13)21-12-7-3-5-10-4-1-2-6-11(10)12/h3,5,7-9H,1-2,4,6H2. The molecule has 3 rings (SSSR count). The van der Waals surface area contributed by atoms with Gasteiger partial charge in [-0.05, 0) is 48.9 Å². The molecule has 1 aliphatic rings. The minimum atomic E-state index is -4.50. The molecule has 2 aromatic rings. The number of aromatic nitrogens is 2. The number of fused-ring (bicyclic) bond motifs is 1. The molecule has 0 aliphatic heterocycles. The molecule has 0 fully saturated rings. The molecule has 1 aromatic carbocycles. The van der Waals surface area contributed by atoms with Crippen molar-refractivity contribution in [2.24, 2.45) is 0 Å². The molecule has 1 aromatic heterocycles. The maximum absolute atomic E-state index is 12.6. The van der Waals surface area contributed by atoms with E-state index in [9.17, 15) is 13.2 Å². The molecular weight excluding hydrogens is 281 g/mol. The van der Waals surface area contributed by atoms with Crippen molar-refractivity contribution in [3.63, 3.8) is 0 Å². The van der Waals surface area contributed by atoms with E-state index in [0.29, 0.717) is 5.75 Å². The summed E-state index contributed by atoms with van der Waals surface area (Å²) in [5.74, 6) is 0.548. The highest BCUT2D eigenvalue weighted by Crippen LogP contribution is 2.33. The van der Waals surface area contributed by atoms with Gasteiger partial charge in [0.15, 0.2) is 5.69 Å². The normalized spacial score (nSPS) is 14.6. The van der Waals surface area contributed by atoms with Gasteiger partial charge in [-0.2, -0.15) is 18.2 Å². The maximum atomic E-state index is 12.6. The summed E-state index contributed by atoms with van der Waals surface area (Å²) in [6.45, 7) is 0. The van der Waals surface area contributed by atoms with Gasteiger partial charge in [-0.15, -0.1) is 0 Å². The number of alkyl halides is 3. The van der Waals surface area contributed by atoms with E-state index in [0.717, 1.165) is 43.5 Å². The second-order valence-electron chi connectivity index (χ2n) is 4.93. The summed E-state index contributed by atoms with van der Waals surface area (Å²) in [7, 11) is 0. The second-order valence-corrected chi connectivity index (χ2v) is 4.93.